The van der Waals surface area contributed by atoms with Crippen molar-refractivity contribution in [2.75, 3.05) is 0 Å². The highest BCUT2D eigenvalue weighted by Crippen LogP contribution is 1.92. The first-order valence-corrected chi connectivity index (χ1v) is 8.06. The van der Waals surface area contributed by atoms with Gasteiger partial charge in [-0.15, -0.1) is 0 Å². The van der Waals surface area contributed by atoms with Crippen molar-refractivity contribution in [3.63, 3.8) is 0 Å². The van der Waals surface area contributed by atoms with Crippen LogP contribution in [0, 0.1) is 0 Å². The quantitative estimate of drug-likeness (QED) is 0.257. The fourth-order valence-corrected chi connectivity index (χ4v) is 1.62. The third kappa shape index (κ3) is 7.92. The molecule has 0 bridgehead atoms. The number of carboxylic acid groups (broad SMARTS) is 1. The Morgan fingerprint density at radius 2 is 0.885 bits per heavy atom. The number of nitrogens with one attached hydrogen (secondary N) is 4. The van der Waals surface area contributed by atoms with Gasteiger partial charge >= 0.3 is 5.97 Å². The van der Waals surface area contributed by atoms with Gasteiger partial charge in [0.2, 0.25) is 23.6 Å². The molecule has 4 amide bonds. The van der Waals surface area contributed by atoms with Crippen molar-refractivity contribution in [1.29, 1.82) is 0 Å². The van der Waals surface area contributed by atoms with Gasteiger partial charge in [0.1, 0.15) is 24.2 Å². The van der Waals surface area contributed by atoms with Gasteiger partial charge in [-0.2, -0.15) is 0 Å². The maximum Gasteiger partial charge on any atom is 0.325 e. The first-order valence-electron chi connectivity index (χ1n) is 8.06. The maximum absolute atomic E-state index is 12.0. The van der Waals surface area contributed by atoms with Crippen LogP contribution in [0.2, 0.25) is 0 Å². The van der Waals surface area contributed by atoms with Crippen LogP contribution in [0.4, 0.5) is 0 Å². The Morgan fingerprint density at radius 3 is 1.15 bits per heavy atom. The number of nitrogens with two attached hydrogens (primary N) is 1. The van der Waals surface area contributed by atoms with Crippen LogP contribution >= 0.6 is 0 Å². The molecule has 148 valence electrons. The number of hydrogen-bond acceptors (Lipinski definition) is 6. The van der Waals surface area contributed by atoms with Crippen LogP contribution in [0.5, 0.6) is 0 Å². The molecule has 0 aromatic rings. The first-order chi connectivity index (χ1) is 11.9. The van der Waals surface area contributed by atoms with E-state index in [1.165, 1.54) is 34.6 Å². The molecule has 0 saturated carbocycles. The van der Waals surface area contributed by atoms with Crippen LogP contribution in [0.25, 0.3) is 0 Å². The topological polar surface area (TPSA) is 180 Å². The molecule has 0 aliphatic rings. The van der Waals surface area contributed by atoms with E-state index >= 15 is 0 Å². The lowest BCUT2D eigenvalue weighted by Gasteiger charge is -2.21. The Morgan fingerprint density at radius 1 is 0.615 bits per heavy atom. The van der Waals surface area contributed by atoms with Gasteiger partial charge < -0.3 is 32.1 Å². The number of amides is 4. The van der Waals surface area contributed by atoms with Gasteiger partial charge in [0.15, 0.2) is 0 Å². The van der Waals surface area contributed by atoms with E-state index in [2.05, 4.69) is 21.3 Å². The van der Waals surface area contributed by atoms with E-state index in [0.717, 1.165) is 0 Å². The number of rotatable bonds is 9. The summed E-state index contributed by atoms with van der Waals surface area (Å²) in [7, 11) is 0. The summed E-state index contributed by atoms with van der Waals surface area (Å²) in [6, 6.07) is -4.77. The minimum atomic E-state index is -1.21. The highest BCUT2D eigenvalue weighted by molar-refractivity contribution is 5.94. The van der Waals surface area contributed by atoms with Crippen molar-refractivity contribution >= 4 is 29.6 Å². The molecule has 0 aliphatic carbocycles. The molecule has 11 nitrogen and oxygen atoms in total. The highest BCUT2D eigenvalue weighted by Gasteiger charge is 2.25. The van der Waals surface area contributed by atoms with Crippen molar-refractivity contribution in [2.45, 2.75) is 64.8 Å². The number of carbonyl (C=O) groups is 5. The van der Waals surface area contributed by atoms with Crippen LogP contribution in [0.1, 0.15) is 34.6 Å². The third-order valence-corrected chi connectivity index (χ3v) is 3.40. The second-order valence-corrected chi connectivity index (χ2v) is 6.05. The van der Waals surface area contributed by atoms with Gasteiger partial charge in [-0.1, -0.05) is 0 Å². The molecule has 0 radical (unpaired) electrons. The summed E-state index contributed by atoms with van der Waals surface area (Å²) in [6.45, 7) is 6.96. The average molecular weight is 373 g/mol. The Bertz CT molecular complexity index is 565. The molecule has 11 heteroatoms. The van der Waals surface area contributed by atoms with Crippen molar-refractivity contribution < 1.29 is 29.1 Å². The fraction of sp³-hybridized carbons (Fsp3) is 0.667. The van der Waals surface area contributed by atoms with Crippen molar-refractivity contribution in [1.82, 2.24) is 21.3 Å². The predicted octanol–water partition coefficient (Wildman–Crippen LogP) is -2.56. The monoisotopic (exact) mass is 373 g/mol. The lowest BCUT2D eigenvalue weighted by Crippen LogP contribution is -2.56. The zero-order valence-electron chi connectivity index (χ0n) is 15.5. The van der Waals surface area contributed by atoms with Gasteiger partial charge in [0.25, 0.3) is 0 Å². The third-order valence-electron chi connectivity index (χ3n) is 3.40. The number of hydrogen-bond donors (Lipinski definition) is 6. The molecule has 5 atom stereocenters. The predicted molar refractivity (Wildman–Crippen MR) is 91.7 cm³/mol. The first kappa shape index (κ1) is 23.3. The lowest BCUT2D eigenvalue weighted by molar-refractivity contribution is -0.141. The Balaban J connectivity index is 4.54. The molecular formula is C15H27N5O6. The van der Waals surface area contributed by atoms with Gasteiger partial charge in [-0.25, -0.2) is 0 Å². The summed E-state index contributed by atoms with van der Waals surface area (Å²) >= 11 is 0. The van der Waals surface area contributed by atoms with Crippen molar-refractivity contribution in [2.24, 2.45) is 5.73 Å². The Hall–Kier alpha value is -2.69. The summed E-state index contributed by atoms with van der Waals surface area (Å²) in [5.41, 5.74) is 5.39. The summed E-state index contributed by atoms with van der Waals surface area (Å²) in [5.74, 6) is -3.64. The Kier molecular flexibility index (Phi) is 9.27. The zero-order chi connectivity index (χ0) is 20.6. The molecule has 0 fully saturated rings. The molecule has 0 rings (SSSR count). The average Bonchev–Trinajstić information content (AvgIpc) is 2.53. The normalized spacial score (nSPS) is 16.2. The summed E-state index contributed by atoms with van der Waals surface area (Å²) < 4.78 is 0. The zero-order valence-corrected chi connectivity index (χ0v) is 15.5. The van der Waals surface area contributed by atoms with Crippen LogP contribution in [-0.4, -0.2) is 64.9 Å². The molecule has 0 aromatic carbocycles. The van der Waals surface area contributed by atoms with Gasteiger partial charge in [0.05, 0.1) is 6.04 Å². The molecule has 0 aromatic heterocycles. The van der Waals surface area contributed by atoms with Crippen LogP contribution in [0.15, 0.2) is 0 Å². The smallest absolute Gasteiger partial charge is 0.325 e. The summed E-state index contributed by atoms with van der Waals surface area (Å²) in [4.78, 5) is 58.0. The second-order valence-electron chi connectivity index (χ2n) is 6.05. The minimum Gasteiger partial charge on any atom is -0.480 e. The number of carboxylic acids is 1. The van der Waals surface area contributed by atoms with Crippen molar-refractivity contribution in [3.8, 4) is 0 Å². The van der Waals surface area contributed by atoms with E-state index in [4.69, 9.17) is 10.8 Å². The van der Waals surface area contributed by atoms with Crippen molar-refractivity contribution in [3.05, 3.63) is 0 Å². The number of aliphatic carboxylic acids is 1. The SMILES string of the molecule is C[C@H](NC(=O)[C@H](C)NC(=O)[C@@H](C)N)C(=O)N[C@H](C)C(=O)N[C@H](C)C(=O)O. The standard InChI is InChI=1S/C15H27N5O6/c1-6(16)11(21)17-7(2)12(22)18-8(3)13(23)19-9(4)14(24)20-10(5)15(25)26/h6-10H,16H2,1-5H3,(H,17,21)(H,18,22)(H,19,23)(H,20,24)(H,25,26)/t6-,7+,8+,9-,10-/m1/s1. The van der Waals surface area contributed by atoms with E-state index in [9.17, 15) is 24.0 Å². The fourth-order valence-electron chi connectivity index (χ4n) is 1.62. The lowest BCUT2D eigenvalue weighted by atomic mass is 10.2. The maximum atomic E-state index is 12.0. The molecule has 7 N–H and O–H groups in total. The van der Waals surface area contributed by atoms with Gasteiger partial charge in [-0.3, -0.25) is 24.0 Å². The largest absolute Gasteiger partial charge is 0.480 e. The van der Waals surface area contributed by atoms with E-state index in [1.807, 2.05) is 0 Å². The van der Waals surface area contributed by atoms with Gasteiger partial charge in [-0.05, 0) is 34.6 Å². The molecule has 0 heterocycles. The summed E-state index contributed by atoms with van der Waals surface area (Å²) in [6.07, 6.45) is 0. The molecule has 0 aliphatic heterocycles. The van der Waals surface area contributed by atoms with Crippen LogP contribution in [-0.2, 0) is 24.0 Å². The summed E-state index contributed by atoms with van der Waals surface area (Å²) in [5, 5.41) is 18.1. The van der Waals surface area contributed by atoms with E-state index < -0.39 is 59.8 Å². The highest BCUT2D eigenvalue weighted by atomic mass is 16.4. The molecule has 0 saturated heterocycles. The Labute approximate surface area is 151 Å². The van der Waals surface area contributed by atoms with Gasteiger partial charge in [0, 0.05) is 0 Å². The molecular weight excluding hydrogens is 346 g/mol. The van der Waals surface area contributed by atoms with E-state index in [-0.39, 0.29) is 0 Å². The van der Waals surface area contributed by atoms with Crippen LogP contribution in [0.3, 0.4) is 0 Å². The molecule has 26 heavy (non-hydrogen) atoms. The van der Waals surface area contributed by atoms with Crippen LogP contribution < -0.4 is 27.0 Å². The van der Waals surface area contributed by atoms with E-state index in [0.29, 0.717) is 0 Å². The number of carbonyl (C=O) groups excluding carboxylic acids is 4. The molecule has 0 unspecified atom stereocenters. The second kappa shape index (κ2) is 10.3. The molecule has 0 spiro atoms. The minimum absolute atomic E-state index is 0.511. The van der Waals surface area contributed by atoms with E-state index in [1.54, 1.807) is 0 Å².